The van der Waals surface area contributed by atoms with Crippen molar-refractivity contribution in [2.75, 3.05) is 0 Å². The van der Waals surface area contributed by atoms with Crippen LogP contribution in [0.5, 0.6) is 0 Å². The zero-order chi connectivity index (χ0) is 16.2. The topological polar surface area (TPSA) is 57.8 Å². The molecule has 3 rings (SSSR count). The minimum Gasteiger partial charge on any atom is -0.345 e. The molecular formula is C19H19N3O. The van der Waals surface area contributed by atoms with Crippen LogP contribution >= 0.6 is 0 Å². The molecule has 23 heavy (non-hydrogen) atoms. The molecule has 0 aliphatic rings. The van der Waals surface area contributed by atoms with E-state index in [0.29, 0.717) is 5.56 Å². The normalized spacial score (nSPS) is 11.9. The van der Waals surface area contributed by atoms with Crippen molar-refractivity contribution < 1.29 is 4.79 Å². The van der Waals surface area contributed by atoms with Gasteiger partial charge in [-0.15, -0.1) is 0 Å². The third kappa shape index (κ3) is 3.31. The number of aryl methyl sites for hydroxylation is 1. The predicted octanol–water partition coefficient (Wildman–Crippen LogP) is 3.88. The summed E-state index contributed by atoms with van der Waals surface area (Å²) in [4.78, 5) is 12.6. The monoisotopic (exact) mass is 305 g/mol. The Labute approximate surface area is 135 Å². The maximum absolute atomic E-state index is 12.6. The van der Waals surface area contributed by atoms with Crippen LogP contribution in [0.15, 0.2) is 60.8 Å². The Bertz CT molecular complexity index is 791. The van der Waals surface area contributed by atoms with E-state index in [4.69, 9.17) is 0 Å². The molecule has 0 unspecified atom stereocenters. The van der Waals surface area contributed by atoms with E-state index in [-0.39, 0.29) is 11.9 Å². The van der Waals surface area contributed by atoms with Crippen molar-refractivity contribution >= 4 is 5.91 Å². The number of carbonyl (C=O) groups is 1. The average Bonchev–Trinajstić information content (AvgIpc) is 3.06. The van der Waals surface area contributed by atoms with Crippen molar-refractivity contribution in [1.82, 2.24) is 15.5 Å². The van der Waals surface area contributed by atoms with Gasteiger partial charge in [-0.3, -0.25) is 9.89 Å². The number of nitrogens with one attached hydrogen (secondary N) is 2. The summed E-state index contributed by atoms with van der Waals surface area (Å²) in [5.74, 6) is -0.134. The lowest BCUT2D eigenvalue weighted by atomic mass is 10.0. The highest BCUT2D eigenvalue weighted by atomic mass is 16.1. The number of benzene rings is 2. The molecule has 0 aliphatic carbocycles. The van der Waals surface area contributed by atoms with Crippen LogP contribution < -0.4 is 5.32 Å². The SMILES string of the molecule is Cc1ccc(-c2[nH]ncc2C(=O)N[C@@H](C)c2ccccc2)cc1. The number of rotatable bonds is 4. The van der Waals surface area contributed by atoms with Gasteiger partial charge in [0.05, 0.1) is 23.5 Å². The molecule has 116 valence electrons. The molecule has 3 aromatic rings. The Balaban J connectivity index is 1.81. The summed E-state index contributed by atoms with van der Waals surface area (Å²) in [7, 11) is 0. The standard InChI is InChI=1S/C19H19N3O/c1-13-8-10-16(11-9-13)18-17(12-20-22-18)19(23)21-14(2)15-6-4-3-5-7-15/h3-12,14H,1-2H3,(H,20,22)(H,21,23)/t14-/m0/s1. The summed E-state index contributed by atoms with van der Waals surface area (Å²) in [6, 6.07) is 17.8. The number of hydrogen-bond acceptors (Lipinski definition) is 2. The van der Waals surface area contributed by atoms with E-state index in [0.717, 1.165) is 16.8 Å². The number of nitrogens with zero attached hydrogens (tertiary/aromatic N) is 1. The molecule has 0 radical (unpaired) electrons. The van der Waals surface area contributed by atoms with Gasteiger partial charge >= 0.3 is 0 Å². The Morgan fingerprint density at radius 3 is 2.48 bits per heavy atom. The number of aromatic nitrogens is 2. The van der Waals surface area contributed by atoms with Gasteiger partial charge in [-0.2, -0.15) is 5.10 Å². The molecule has 4 nitrogen and oxygen atoms in total. The van der Waals surface area contributed by atoms with E-state index < -0.39 is 0 Å². The zero-order valence-electron chi connectivity index (χ0n) is 13.2. The van der Waals surface area contributed by atoms with Crippen molar-refractivity contribution in [2.24, 2.45) is 0 Å². The first kappa shape index (κ1) is 15.0. The molecule has 0 saturated heterocycles. The van der Waals surface area contributed by atoms with E-state index in [2.05, 4.69) is 15.5 Å². The second kappa shape index (κ2) is 6.48. The van der Waals surface area contributed by atoms with Crippen LogP contribution in [0.3, 0.4) is 0 Å². The lowest BCUT2D eigenvalue weighted by molar-refractivity contribution is 0.0940. The van der Waals surface area contributed by atoms with Crippen LogP contribution in [0.25, 0.3) is 11.3 Å². The smallest absolute Gasteiger partial charge is 0.255 e. The summed E-state index contributed by atoms with van der Waals surface area (Å²) < 4.78 is 0. The molecule has 4 heteroatoms. The van der Waals surface area contributed by atoms with Crippen molar-refractivity contribution in [1.29, 1.82) is 0 Å². The van der Waals surface area contributed by atoms with Crippen LogP contribution in [0.1, 0.15) is 34.5 Å². The number of hydrogen-bond donors (Lipinski definition) is 2. The third-order valence-electron chi connectivity index (χ3n) is 3.87. The summed E-state index contributed by atoms with van der Waals surface area (Å²) >= 11 is 0. The van der Waals surface area contributed by atoms with Gasteiger partial charge in [-0.25, -0.2) is 0 Å². The number of H-pyrrole nitrogens is 1. The second-order valence-corrected chi connectivity index (χ2v) is 5.63. The zero-order valence-corrected chi connectivity index (χ0v) is 13.2. The van der Waals surface area contributed by atoms with E-state index in [9.17, 15) is 4.79 Å². The lowest BCUT2D eigenvalue weighted by Crippen LogP contribution is -2.26. The van der Waals surface area contributed by atoms with Crippen LogP contribution in [0, 0.1) is 6.92 Å². The molecule has 1 aromatic heterocycles. The van der Waals surface area contributed by atoms with Crippen molar-refractivity contribution in [3.05, 3.63) is 77.5 Å². The van der Waals surface area contributed by atoms with Crippen molar-refractivity contribution in [3.63, 3.8) is 0 Å². The first-order valence-corrected chi connectivity index (χ1v) is 7.61. The van der Waals surface area contributed by atoms with Gasteiger partial charge in [0.15, 0.2) is 0 Å². The van der Waals surface area contributed by atoms with Crippen LogP contribution in [-0.4, -0.2) is 16.1 Å². The van der Waals surface area contributed by atoms with Gasteiger partial charge < -0.3 is 5.32 Å². The average molecular weight is 305 g/mol. The molecular weight excluding hydrogens is 286 g/mol. The Kier molecular flexibility index (Phi) is 4.24. The van der Waals surface area contributed by atoms with Gasteiger partial charge in [0.1, 0.15) is 0 Å². The summed E-state index contributed by atoms with van der Waals surface area (Å²) in [5, 5.41) is 9.98. The fraction of sp³-hybridized carbons (Fsp3) is 0.158. The fourth-order valence-corrected chi connectivity index (χ4v) is 2.50. The van der Waals surface area contributed by atoms with E-state index >= 15 is 0 Å². The molecule has 0 saturated carbocycles. The second-order valence-electron chi connectivity index (χ2n) is 5.63. The van der Waals surface area contributed by atoms with Gasteiger partial charge in [-0.1, -0.05) is 60.2 Å². The molecule has 0 aliphatic heterocycles. The minimum absolute atomic E-state index is 0.0653. The molecule has 2 N–H and O–H groups in total. The first-order chi connectivity index (χ1) is 11.1. The molecule has 1 heterocycles. The number of aromatic amines is 1. The summed E-state index contributed by atoms with van der Waals surface area (Å²) in [6.07, 6.45) is 1.57. The first-order valence-electron chi connectivity index (χ1n) is 7.61. The molecule has 0 bridgehead atoms. The summed E-state index contributed by atoms with van der Waals surface area (Å²) in [6.45, 7) is 4.00. The van der Waals surface area contributed by atoms with Gasteiger partial charge in [-0.05, 0) is 19.4 Å². The Morgan fingerprint density at radius 2 is 1.78 bits per heavy atom. The Hall–Kier alpha value is -2.88. The fourth-order valence-electron chi connectivity index (χ4n) is 2.50. The maximum Gasteiger partial charge on any atom is 0.255 e. The number of amides is 1. The molecule has 1 atom stereocenters. The van der Waals surface area contributed by atoms with E-state index in [1.54, 1.807) is 6.20 Å². The van der Waals surface area contributed by atoms with E-state index in [1.165, 1.54) is 5.56 Å². The van der Waals surface area contributed by atoms with Gasteiger partial charge in [0, 0.05) is 5.56 Å². The van der Waals surface area contributed by atoms with Gasteiger partial charge in [0.2, 0.25) is 0 Å². The van der Waals surface area contributed by atoms with Crippen molar-refractivity contribution in [3.8, 4) is 11.3 Å². The molecule has 1 amide bonds. The molecule has 2 aromatic carbocycles. The van der Waals surface area contributed by atoms with Crippen LogP contribution in [-0.2, 0) is 0 Å². The summed E-state index contributed by atoms with van der Waals surface area (Å²) in [5.41, 5.74) is 4.49. The van der Waals surface area contributed by atoms with Crippen LogP contribution in [0.4, 0.5) is 0 Å². The Morgan fingerprint density at radius 1 is 1.09 bits per heavy atom. The number of carbonyl (C=O) groups excluding carboxylic acids is 1. The largest absolute Gasteiger partial charge is 0.345 e. The quantitative estimate of drug-likeness (QED) is 0.768. The highest BCUT2D eigenvalue weighted by Gasteiger charge is 2.17. The van der Waals surface area contributed by atoms with E-state index in [1.807, 2.05) is 68.4 Å². The highest BCUT2D eigenvalue weighted by Crippen LogP contribution is 2.22. The maximum atomic E-state index is 12.6. The minimum atomic E-state index is -0.134. The molecule has 0 spiro atoms. The third-order valence-corrected chi connectivity index (χ3v) is 3.87. The van der Waals surface area contributed by atoms with Gasteiger partial charge in [0.25, 0.3) is 5.91 Å². The van der Waals surface area contributed by atoms with Crippen molar-refractivity contribution in [2.45, 2.75) is 19.9 Å². The molecule has 0 fully saturated rings. The van der Waals surface area contributed by atoms with Crippen LogP contribution in [0.2, 0.25) is 0 Å². The lowest BCUT2D eigenvalue weighted by Gasteiger charge is -2.14. The predicted molar refractivity (Wildman–Crippen MR) is 91.1 cm³/mol. The highest BCUT2D eigenvalue weighted by molar-refractivity contribution is 5.99.